The van der Waals surface area contributed by atoms with Crippen molar-refractivity contribution in [3.63, 3.8) is 0 Å². The van der Waals surface area contributed by atoms with Gasteiger partial charge in [-0.1, -0.05) is 17.3 Å². The van der Waals surface area contributed by atoms with Crippen LogP contribution in [0, 0.1) is 6.92 Å². The van der Waals surface area contributed by atoms with E-state index in [1.807, 2.05) is 41.3 Å². The zero-order valence-corrected chi connectivity index (χ0v) is 32.7. The molecule has 1 saturated carbocycles. The summed E-state index contributed by atoms with van der Waals surface area (Å²) in [6.45, 7) is 4.07. The maximum absolute atomic E-state index is 13.5. The number of aromatic hydroxyl groups is 1. The maximum Gasteiger partial charge on any atom is 0.349 e. The van der Waals surface area contributed by atoms with E-state index < -0.39 is 17.7 Å². The Hall–Kier alpha value is -4.84. The number of hydrogen-bond donors (Lipinski definition) is 5. The van der Waals surface area contributed by atoms with E-state index in [0.29, 0.717) is 56.9 Å². The highest BCUT2D eigenvalue weighted by molar-refractivity contribution is 7.13. The molecule has 0 radical (unpaired) electrons. The lowest BCUT2D eigenvalue weighted by Gasteiger charge is -2.35. The molecule has 0 spiro atoms. The smallest absolute Gasteiger partial charge is 0.349 e. The molecule has 56 heavy (non-hydrogen) atoms. The van der Waals surface area contributed by atoms with Crippen LogP contribution in [-0.2, 0) is 28.2 Å². The van der Waals surface area contributed by atoms with Crippen molar-refractivity contribution in [1.29, 1.82) is 0 Å². The second kappa shape index (κ2) is 16.0. The Morgan fingerprint density at radius 2 is 1.95 bits per heavy atom. The van der Waals surface area contributed by atoms with Gasteiger partial charge in [0, 0.05) is 47.6 Å². The van der Waals surface area contributed by atoms with E-state index >= 15 is 0 Å². The first-order valence-electron chi connectivity index (χ1n) is 18.7. The fraction of sp³-hybridized carbons (Fsp3) is 0.400. The molecular weight excluding hydrogens is 757 g/mol. The van der Waals surface area contributed by atoms with Gasteiger partial charge < -0.3 is 44.7 Å². The van der Waals surface area contributed by atoms with Gasteiger partial charge in [0.25, 0.3) is 0 Å². The summed E-state index contributed by atoms with van der Waals surface area (Å²) in [5, 5.41) is 47.5. The monoisotopic (exact) mass is 800 g/mol. The molecule has 6 aromatic rings. The normalized spacial score (nSPS) is 18.4. The van der Waals surface area contributed by atoms with Gasteiger partial charge in [0.1, 0.15) is 22.9 Å². The minimum Gasteiger partial charge on any atom is -0.506 e. The number of benzene rings is 2. The number of nitrogens with one attached hydrogen (secondary N) is 2. The van der Waals surface area contributed by atoms with Crippen LogP contribution in [0.2, 0.25) is 0 Å². The number of carbonyl (C=O) groups is 1. The van der Waals surface area contributed by atoms with Crippen molar-refractivity contribution < 1.29 is 34.3 Å². The van der Waals surface area contributed by atoms with E-state index in [1.165, 1.54) is 34.8 Å². The lowest BCUT2D eigenvalue weighted by atomic mass is 9.91. The van der Waals surface area contributed by atoms with Crippen molar-refractivity contribution >= 4 is 50.6 Å². The number of aromatic amines is 1. The minimum atomic E-state index is -1.80. The van der Waals surface area contributed by atoms with Gasteiger partial charge in [0.2, 0.25) is 18.0 Å². The number of rotatable bonds is 14. The Balaban J connectivity index is 0.843. The van der Waals surface area contributed by atoms with Crippen molar-refractivity contribution in [2.24, 2.45) is 0 Å². The van der Waals surface area contributed by atoms with Gasteiger partial charge in [-0.3, -0.25) is 4.79 Å². The summed E-state index contributed by atoms with van der Waals surface area (Å²) >= 11 is 2.76. The fourth-order valence-corrected chi connectivity index (χ4v) is 9.65. The molecule has 16 heteroatoms. The van der Waals surface area contributed by atoms with Crippen molar-refractivity contribution in [3.8, 4) is 17.2 Å². The molecule has 2 aromatic carbocycles. The van der Waals surface area contributed by atoms with Crippen molar-refractivity contribution in [3.05, 3.63) is 96.1 Å². The number of fused-ring (bicyclic) bond motifs is 4. The predicted octanol–water partition coefficient (Wildman–Crippen LogP) is 5.07. The van der Waals surface area contributed by atoms with Crippen LogP contribution in [-0.4, -0.2) is 85.2 Å². The maximum atomic E-state index is 13.5. The Morgan fingerprint density at radius 1 is 1.12 bits per heavy atom. The van der Waals surface area contributed by atoms with Crippen molar-refractivity contribution in [2.45, 2.75) is 76.0 Å². The van der Waals surface area contributed by atoms with Crippen molar-refractivity contribution in [2.75, 3.05) is 26.9 Å². The number of nitrogens with zero attached hydrogens (tertiary/aromatic N) is 4. The number of aliphatic hydroxyl groups is 2. The van der Waals surface area contributed by atoms with E-state index in [-0.39, 0.29) is 36.3 Å². The Bertz CT molecular complexity index is 2400. The van der Waals surface area contributed by atoms with Gasteiger partial charge in [-0.2, -0.15) is 0 Å². The van der Waals surface area contributed by atoms with Crippen LogP contribution in [0.4, 0.5) is 0 Å². The van der Waals surface area contributed by atoms with Gasteiger partial charge >= 0.3 is 5.97 Å². The number of aliphatic hydroxyl groups excluding tert-OH is 1. The number of pyridine rings is 1. The van der Waals surface area contributed by atoms with E-state index in [0.717, 1.165) is 54.6 Å². The molecule has 14 nitrogen and oxygen atoms in total. The molecule has 1 aliphatic heterocycles. The fourth-order valence-electron chi connectivity index (χ4n) is 7.80. The van der Waals surface area contributed by atoms with Crippen LogP contribution >= 0.6 is 22.7 Å². The molecular formula is C40H44N6O8S2. The summed E-state index contributed by atoms with van der Waals surface area (Å²) < 4.78 is 19.7. The largest absolute Gasteiger partial charge is 0.506 e. The molecule has 5 N–H and O–H groups in total. The highest BCUT2D eigenvalue weighted by Crippen LogP contribution is 2.42. The molecule has 5 heterocycles. The Kier molecular flexibility index (Phi) is 10.8. The number of phenolic OH excluding ortho intramolecular Hbond substituents is 1. The molecule has 2 atom stereocenters. The lowest BCUT2D eigenvalue weighted by Crippen LogP contribution is -2.42. The number of esters is 1. The van der Waals surface area contributed by atoms with E-state index in [9.17, 15) is 24.9 Å². The van der Waals surface area contributed by atoms with Crippen LogP contribution < -0.4 is 20.3 Å². The average molecular weight is 801 g/mol. The van der Waals surface area contributed by atoms with Crippen LogP contribution in [0.1, 0.15) is 64.0 Å². The zero-order chi connectivity index (χ0) is 39.0. The first kappa shape index (κ1) is 38.1. The number of H-pyrrole nitrogens is 1. The number of carbonyl (C=O) groups excluding carboxylic acids is 1. The van der Waals surface area contributed by atoms with Gasteiger partial charge in [0.05, 0.1) is 21.4 Å². The van der Waals surface area contributed by atoms with Gasteiger partial charge in [0.15, 0.2) is 11.5 Å². The Morgan fingerprint density at radius 3 is 2.71 bits per heavy atom. The summed E-state index contributed by atoms with van der Waals surface area (Å²) in [5.74, 6) is 0.541. The minimum absolute atomic E-state index is 0.0621. The number of phenols is 1. The summed E-state index contributed by atoms with van der Waals surface area (Å²) in [4.78, 5) is 32.5. The second-order valence-electron chi connectivity index (χ2n) is 14.5. The average Bonchev–Trinajstić information content (AvgIpc) is 4.03. The predicted molar refractivity (Wildman–Crippen MR) is 212 cm³/mol. The molecule has 0 saturated heterocycles. The molecule has 0 bridgehead atoms. The Labute approximate surface area is 330 Å². The molecule has 1 fully saturated rings. The molecule has 4 aromatic heterocycles. The van der Waals surface area contributed by atoms with Crippen LogP contribution in [0.15, 0.2) is 64.8 Å². The van der Waals surface area contributed by atoms with E-state index in [2.05, 4.69) is 32.6 Å². The number of ether oxygens (including phenoxy) is 3. The number of aryl methyl sites for hydroxylation is 2. The number of hydrogen-bond acceptors (Lipinski definition) is 14. The second-order valence-corrected chi connectivity index (χ2v) is 16.7. The van der Waals surface area contributed by atoms with Gasteiger partial charge in [-0.15, -0.1) is 27.8 Å². The number of thiophene rings is 2. The molecule has 2 aliphatic rings. The van der Waals surface area contributed by atoms with Crippen LogP contribution in [0.5, 0.6) is 17.2 Å². The van der Waals surface area contributed by atoms with Crippen molar-refractivity contribution in [1.82, 2.24) is 30.2 Å². The van der Waals surface area contributed by atoms with Gasteiger partial charge in [-0.05, 0) is 100.0 Å². The zero-order valence-electron chi connectivity index (χ0n) is 31.1. The molecule has 1 aliphatic carbocycles. The highest BCUT2D eigenvalue weighted by atomic mass is 32.1. The third-order valence-electron chi connectivity index (χ3n) is 10.8. The first-order valence-corrected chi connectivity index (χ1v) is 20.4. The highest BCUT2D eigenvalue weighted by Gasteiger charge is 2.45. The summed E-state index contributed by atoms with van der Waals surface area (Å²) in [6.07, 6.45) is 2.90. The standard InChI is InChI=1S/C40H44N6O8S2/c1-23-6-14-33(56-23)40(51,32-5-3-18-55-32)39(50)54-26-9-7-25(8-10-26)45(2)16-4-17-46-36-29(43-44-46)19-24(37-38(36)53-22-52-37)20-41-21-31(48)27-11-13-30(47)35-28(27)12-15-34(49)42-35/h3,5-6,11-15,18-19,25-26,31,41,47-48,51H,4,7-10,16-17,20-22H2,1-2H3,(H,42,49)/t25-,26-,31-,40-/m0/s1. The number of aromatic nitrogens is 4. The summed E-state index contributed by atoms with van der Waals surface area (Å²) in [5.41, 5.74) is 0.997. The SMILES string of the molecule is Cc1ccc([C@](O)(C(=O)O[C@H]2CC[C@H](N(C)CCCn3nnc4cc(CNC[C@H](O)c5ccc(O)c6[nH]c(=O)ccc56)c5c(c43)OCO5)CC2)c2cccs2)s1. The summed E-state index contributed by atoms with van der Waals surface area (Å²) in [7, 11) is 2.13. The molecule has 8 rings (SSSR count). The molecule has 0 amide bonds. The van der Waals surface area contributed by atoms with Crippen LogP contribution in [0.3, 0.4) is 0 Å². The quantitative estimate of drug-likeness (QED) is 0.0924. The third-order valence-corrected chi connectivity index (χ3v) is 12.9. The molecule has 294 valence electrons. The third kappa shape index (κ3) is 7.40. The van der Waals surface area contributed by atoms with E-state index in [4.69, 9.17) is 14.2 Å². The topological polar surface area (TPSA) is 184 Å². The first-order chi connectivity index (χ1) is 27.1. The lowest BCUT2D eigenvalue weighted by molar-refractivity contribution is -0.169. The summed E-state index contributed by atoms with van der Waals surface area (Å²) in [6, 6.07) is 15.7. The van der Waals surface area contributed by atoms with E-state index in [1.54, 1.807) is 18.2 Å². The van der Waals surface area contributed by atoms with Gasteiger partial charge in [-0.25, -0.2) is 9.48 Å². The van der Waals surface area contributed by atoms with Crippen LogP contribution in [0.25, 0.3) is 21.9 Å². The molecule has 0 unspecified atom stereocenters.